The molecule has 0 aliphatic heterocycles. The number of halogens is 4. The third-order valence-electron chi connectivity index (χ3n) is 5.15. The maximum Gasteiger partial charge on any atom is 0.441 e. The number of amides is 2. The second-order valence-corrected chi connectivity index (χ2v) is 8.82. The number of anilines is 1. The van der Waals surface area contributed by atoms with Crippen molar-refractivity contribution in [1.29, 1.82) is 0 Å². The van der Waals surface area contributed by atoms with Crippen molar-refractivity contribution in [2.24, 2.45) is 5.73 Å². The molecule has 12 heteroatoms. The Balaban J connectivity index is 2.14. The van der Waals surface area contributed by atoms with E-state index in [2.05, 4.69) is 5.32 Å². The van der Waals surface area contributed by atoms with Gasteiger partial charge in [0.25, 0.3) is 11.8 Å². The molecule has 0 radical (unpaired) electrons. The first kappa shape index (κ1) is 24.8. The molecule has 1 aromatic heterocycles. The number of benzene rings is 1. The fraction of sp³-hybridized carbons (Fsp3) is 0.381. The number of primary amides is 1. The van der Waals surface area contributed by atoms with E-state index in [0.717, 1.165) is 24.2 Å². The minimum Gasteiger partial charge on any atom is -0.463 e. The summed E-state index contributed by atoms with van der Waals surface area (Å²) in [4.78, 5) is 38.4. The van der Waals surface area contributed by atoms with Gasteiger partial charge in [-0.15, -0.1) is 11.3 Å². The molecule has 1 atom stereocenters. The standard InChI is InChI=1S/C21H21ClF3N3O4S/c1-2-32-19(31)20(21(23,24)25,27-17(30)11-7-3-5-9-13(11)22)28-18-15(16(26)29)12-8-4-6-10-14(12)33-18/h3,5,7,9,28H,2,4,6,8,10H2,1H3,(H2,26,29)(H,27,30). The molecule has 2 aromatic rings. The molecule has 7 nitrogen and oxygen atoms in total. The maximum atomic E-state index is 14.5. The summed E-state index contributed by atoms with van der Waals surface area (Å²) >= 11 is 6.86. The number of rotatable bonds is 7. The lowest BCUT2D eigenvalue weighted by molar-refractivity contribution is -0.204. The zero-order valence-corrected chi connectivity index (χ0v) is 19.0. The smallest absolute Gasteiger partial charge is 0.441 e. The average Bonchev–Trinajstić information content (AvgIpc) is 3.10. The molecular weight excluding hydrogens is 483 g/mol. The molecule has 4 N–H and O–H groups in total. The van der Waals surface area contributed by atoms with Crippen LogP contribution in [-0.2, 0) is 22.4 Å². The molecule has 178 valence electrons. The van der Waals surface area contributed by atoms with Crippen molar-refractivity contribution in [2.45, 2.75) is 44.4 Å². The monoisotopic (exact) mass is 503 g/mol. The van der Waals surface area contributed by atoms with E-state index >= 15 is 0 Å². The number of alkyl halides is 3. The van der Waals surface area contributed by atoms with Crippen LogP contribution in [0.1, 0.15) is 50.9 Å². The summed E-state index contributed by atoms with van der Waals surface area (Å²) in [6.07, 6.45) is -2.79. The van der Waals surface area contributed by atoms with E-state index < -0.39 is 29.6 Å². The van der Waals surface area contributed by atoms with Gasteiger partial charge in [-0.05, 0) is 50.3 Å². The van der Waals surface area contributed by atoms with Gasteiger partial charge in [0.05, 0.1) is 22.8 Å². The molecule has 1 aromatic carbocycles. The molecule has 1 aliphatic rings. The van der Waals surface area contributed by atoms with Crippen molar-refractivity contribution in [3.05, 3.63) is 50.9 Å². The van der Waals surface area contributed by atoms with Crippen molar-refractivity contribution in [1.82, 2.24) is 5.32 Å². The molecule has 0 bridgehead atoms. The van der Waals surface area contributed by atoms with Gasteiger partial charge >= 0.3 is 17.8 Å². The van der Waals surface area contributed by atoms with E-state index in [1.807, 2.05) is 0 Å². The van der Waals surface area contributed by atoms with Crippen LogP contribution in [0.15, 0.2) is 24.3 Å². The van der Waals surface area contributed by atoms with Crippen molar-refractivity contribution >= 4 is 45.7 Å². The number of nitrogens with two attached hydrogens (primary N) is 1. The number of ether oxygens (including phenoxy) is 1. The Bertz CT molecular complexity index is 1090. The Kier molecular flexibility index (Phi) is 7.23. The Hall–Kier alpha value is -2.79. The molecule has 1 heterocycles. The van der Waals surface area contributed by atoms with Gasteiger partial charge in [-0.2, -0.15) is 13.2 Å². The first-order valence-electron chi connectivity index (χ1n) is 10.0. The van der Waals surface area contributed by atoms with Crippen molar-refractivity contribution in [3.8, 4) is 0 Å². The van der Waals surface area contributed by atoms with Crippen LogP contribution < -0.4 is 16.4 Å². The maximum absolute atomic E-state index is 14.5. The van der Waals surface area contributed by atoms with Crippen LogP contribution in [0.5, 0.6) is 0 Å². The lowest BCUT2D eigenvalue weighted by Gasteiger charge is -2.35. The number of esters is 1. The summed E-state index contributed by atoms with van der Waals surface area (Å²) in [5.74, 6) is -3.99. The number of aryl methyl sites for hydroxylation is 1. The Morgan fingerprint density at radius 3 is 2.45 bits per heavy atom. The molecule has 2 amide bonds. The number of fused-ring (bicyclic) bond motifs is 1. The summed E-state index contributed by atoms with van der Waals surface area (Å²) in [6, 6.07) is 5.44. The lowest BCUT2D eigenvalue weighted by Crippen LogP contribution is -2.69. The molecule has 33 heavy (non-hydrogen) atoms. The molecule has 0 saturated heterocycles. The van der Waals surface area contributed by atoms with Crippen molar-refractivity contribution in [2.75, 3.05) is 11.9 Å². The highest BCUT2D eigenvalue weighted by Gasteiger charge is 2.64. The molecule has 0 spiro atoms. The fourth-order valence-electron chi connectivity index (χ4n) is 3.60. The van der Waals surface area contributed by atoms with Crippen LogP contribution in [0.3, 0.4) is 0 Å². The second kappa shape index (κ2) is 9.60. The van der Waals surface area contributed by atoms with Crippen molar-refractivity contribution in [3.63, 3.8) is 0 Å². The summed E-state index contributed by atoms with van der Waals surface area (Å²) in [7, 11) is 0. The van der Waals surface area contributed by atoms with Gasteiger partial charge in [0.2, 0.25) is 0 Å². The van der Waals surface area contributed by atoms with Crippen LogP contribution in [0.25, 0.3) is 0 Å². The average molecular weight is 504 g/mol. The van der Waals surface area contributed by atoms with Gasteiger partial charge in [0.15, 0.2) is 0 Å². The van der Waals surface area contributed by atoms with Gasteiger partial charge in [-0.3, -0.25) is 9.59 Å². The summed E-state index contributed by atoms with van der Waals surface area (Å²) in [5, 5.41) is 3.44. The van der Waals surface area contributed by atoms with Crippen molar-refractivity contribution < 1.29 is 32.3 Å². The number of nitrogens with one attached hydrogen (secondary N) is 2. The van der Waals surface area contributed by atoms with E-state index in [1.54, 1.807) is 5.32 Å². The molecular formula is C21H21ClF3N3O4S. The highest BCUT2D eigenvalue weighted by atomic mass is 35.5. The molecule has 1 aliphatic carbocycles. The minimum absolute atomic E-state index is 0.112. The van der Waals surface area contributed by atoms with E-state index in [4.69, 9.17) is 22.1 Å². The predicted molar refractivity (Wildman–Crippen MR) is 117 cm³/mol. The van der Waals surface area contributed by atoms with Crippen LogP contribution in [0, 0.1) is 0 Å². The van der Waals surface area contributed by atoms with E-state index in [1.165, 1.54) is 31.2 Å². The summed E-state index contributed by atoms with van der Waals surface area (Å²) in [5.41, 5.74) is 1.94. The number of hydrogen-bond donors (Lipinski definition) is 3. The van der Waals surface area contributed by atoms with Crippen LogP contribution in [0.4, 0.5) is 18.2 Å². The predicted octanol–water partition coefficient (Wildman–Crippen LogP) is 4.04. The van der Waals surface area contributed by atoms with Crippen LogP contribution >= 0.6 is 22.9 Å². The van der Waals surface area contributed by atoms with Gasteiger partial charge in [-0.25, -0.2) is 4.79 Å². The number of carbonyl (C=O) groups is 3. The fourth-order valence-corrected chi connectivity index (χ4v) is 5.17. The van der Waals surface area contributed by atoms with Gasteiger partial charge in [0, 0.05) is 4.88 Å². The minimum atomic E-state index is -5.37. The van der Waals surface area contributed by atoms with Crippen LogP contribution in [0.2, 0.25) is 5.02 Å². The number of thiophene rings is 1. The van der Waals surface area contributed by atoms with Gasteiger partial charge in [0.1, 0.15) is 5.00 Å². The van der Waals surface area contributed by atoms with Gasteiger partial charge < -0.3 is 21.1 Å². The summed E-state index contributed by atoms with van der Waals surface area (Å²) < 4.78 is 48.2. The molecule has 0 saturated carbocycles. The second-order valence-electron chi connectivity index (χ2n) is 7.31. The topological polar surface area (TPSA) is 111 Å². The summed E-state index contributed by atoms with van der Waals surface area (Å²) in [6.45, 7) is 0.942. The van der Waals surface area contributed by atoms with E-state index in [0.29, 0.717) is 23.3 Å². The molecule has 1 unspecified atom stereocenters. The normalized spacial score (nSPS) is 15.2. The Morgan fingerprint density at radius 2 is 1.85 bits per heavy atom. The van der Waals surface area contributed by atoms with Gasteiger partial charge in [-0.1, -0.05) is 23.7 Å². The molecule has 0 fully saturated rings. The zero-order chi connectivity index (χ0) is 24.4. The SMILES string of the molecule is CCOC(=O)C(NC(=O)c1ccccc1Cl)(Nc1sc2c(c1C(N)=O)CCCC2)C(F)(F)F. The van der Waals surface area contributed by atoms with Crippen LogP contribution in [-0.4, -0.2) is 36.2 Å². The number of carbonyl (C=O) groups excluding carboxylic acids is 3. The zero-order valence-electron chi connectivity index (χ0n) is 17.5. The lowest BCUT2D eigenvalue weighted by atomic mass is 9.95. The first-order chi connectivity index (χ1) is 15.5. The third-order valence-corrected chi connectivity index (χ3v) is 6.68. The molecule has 3 rings (SSSR count). The largest absolute Gasteiger partial charge is 0.463 e. The number of hydrogen-bond acceptors (Lipinski definition) is 6. The first-order valence-corrected chi connectivity index (χ1v) is 11.2. The highest BCUT2D eigenvalue weighted by Crippen LogP contribution is 2.42. The Labute approximate surface area is 196 Å². The van der Waals surface area contributed by atoms with E-state index in [-0.39, 0.29) is 27.8 Å². The Morgan fingerprint density at radius 1 is 1.18 bits per heavy atom. The third kappa shape index (κ3) is 4.79. The van der Waals surface area contributed by atoms with E-state index in [9.17, 15) is 27.6 Å². The highest BCUT2D eigenvalue weighted by molar-refractivity contribution is 7.16. The quantitative estimate of drug-likeness (QED) is 0.390.